The fourth-order valence-electron chi connectivity index (χ4n) is 3.37. The Balaban J connectivity index is 1.52. The normalized spacial score (nSPS) is 16.1. The summed E-state index contributed by atoms with van der Waals surface area (Å²) in [4.78, 5) is 26.6. The van der Waals surface area contributed by atoms with E-state index in [1.54, 1.807) is 25.2 Å². The van der Waals surface area contributed by atoms with E-state index in [4.69, 9.17) is 9.47 Å². The highest BCUT2D eigenvalue weighted by Gasteiger charge is 2.33. The summed E-state index contributed by atoms with van der Waals surface area (Å²) in [6.45, 7) is 1.47. The lowest BCUT2D eigenvalue weighted by Crippen LogP contribution is -2.33. The first-order valence-electron chi connectivity index (χ1n) is 9.40. The van der Waals surface area contributed by atoms with Gasteiger partial charge in [0.25, 0.3) is 0 Å². The summed E-state index contributed by atoms with van der Waals surface area (Å²) in [7, 11) is 3.18. The maximum Gasteiger partial charge on any atom is 0.225 e. The van der Waals surface area contributed by atoms with Gasteiger partial charge in [0.2, 0.25) is 11.8 Å². The van der Waals surface area contributed by atoms with Crippen LogP contribution >= 0.6 is 0 Å². The summed E-state index contributed by atoms with van der Waals surface area (Å²) in [5.74, 6) is 0.978. The molecule has 0 unspecified atom stereocenters. The lowest BCUT2D eigenvalue weighted by Gasteiger charge is -2.16. The van der Waals surface area contributed by atoms with Gasteiger partial charge in [-0.25, -0.2) is 0 Å². The van der Waals surface area contributed by atoms with Gasteiger partial charge in [-0.1, -0.05) is 30.3 Å². The standard InChI is InChI=1S/C22H26N2O4/c1-27-19-10-17(11-20(13-19)28-2)14-23-22(26)18-12-21(25)24(15-18)9-8-16-6-4-3-5-7-16/h3-7,10-11,13,18H,8-9,12,14-15H2,1-2H3,(H,23,26)/t18-/m0/s1. The fourth-order valence-corrected chi connectivity index (χ4v) is 3.37. The number of carbonyl (C=O) groups is 2. The zero-order valence-corrected chi connectivity index (χ0v) is 16.3. The quantitative estimate of drug-likeness (QED) is 0.761. The van der Waals surface area contributed by atoms with Gasteiger partial charge in [-0.2, -0.15) is 0 Å². The van der Waals surface area contributed by atoms with Crippen LogP contribution in [0.3, 0.4) is 0 Å². The molecule has 0 radical (unpaired) electrons. The Morgan fingerprint density at radius 3 is 2.39 bits per heavy atom. The van der Waals surface area contributed by atoms with Gasteiger partial charge >= 0.3 is 0 Å². The zero-order valence-electron chi connectivity index (χ0n) is 16.3. The second-order valence-electron chi connectivity index (χ2n) is 6.92. The smallest absolute Gasteiger partial charge is 0.225 e. The summed E-state index contributed by atoms with van der Waals surface area (Å²) in [6.07, 6.45) is 1.06. The van der Waals surface area contributed by atoms with Gasteiger partial charge in [-0.15, -0.1) is 0 Å². The Bertz CT molecular complexity index is 800. The first kappa shape index (κ1) is 19.7. The van der Waals surface area contributed by atoms with E-state index in [0.717, 1.165) is 12.0 Å². The molecule has 1 N–H and O–H groups in total. The molecule has 1 heterocycles. The molecule has 2 amide bonds. The highest BCUT2D eigenvalue weighted by atomic mass is 16.5. The molecule has 148 valence electrons. The first-order chi connectivity index (χ1) is 13.6. The maximum atomic E-state index is 12.5. The second-order valence-corrected chi connectivity index (χ2v) is 6.92. The molecule has 0 bridgehead atoms. The van der Waals surface area contributed by atoms with Crippen molar-refractivity contribution in [2.24, 2.45) is 5.92 Å². The highest BCUT2D eigenvalue weighted by molar-refractivity contribution is 5.89. The van der Waals surface area contributed by atoms with Gasteiger partial charge < -0.3 is 19.7 Å². The number of amides is 2. The maximum absolute atomic E-state index is 12.5. The lowest BCUT2D eigenvalue weighted by molar-refractivity contribution is -0.129. The molecule has 1 atom stereocenters. The summed E-state index contributed by atoms with van der Waals surface area (Å²) in [5, 5.41) is 2.93. The van der Waals surface area contributed by atoms with Crippen LogP contribution in [0, 0.1) is 5.92 Å². The number of methoxy groups -OCH3 is 2. The van der Waals surface area contributed by atoms with Gasteiger partial charge in [0, 0.05) is 32.1 Å². The van der Waals surface area contributed by atoms with Gasteiger partial charge in [-0.3, -0.25) is 9.59 Å². The molecule has 1 saturated heterocycles. The van der Waals surface area contributed by atoms with Crippen molar-refractivity contribution in [1.82, 2.24) is 10.2 Å². The van der Waals surface area contributed by atoms with E-state index >= 15 is 0 Å². The molecule has 2 aromatic rings. The third-order valence-electron chi connectivity index (χ3n) is 4.98. The summed E-state index contributed by atoms with van der Waals surface area (Å²) >= 11 is 0. The number of nitrogens with one attached hydrogen (secondary N) is 1. The molecule has 3 rings (SSSR count). The predicted molar refractivity (Wildman–Crippen MR) is 106 cm³/mol. The van der Waals surface area contributed by atoms with Crippen LogP contribution in [0.15, 0.2) is 48.5 Å². The van der Waals surface area contributed by atoms with Crippen molar-refractivity contribution >= 4 is 11.8 Å². The molecule has 0 spiro atoms. The van der Waals surface area contributed by atoms with Crippen LogP contribution in [0.5, 0.6) is 11.5 Å². The first-order valence-corrected chi connectivity index (χ1v) is 9.40. The van der Waals surface area contributed by atoms with E-state index in [-0.39, 0.29) is 24.2 Å². The molecule has 6 heteroatoms. The van der Waals surface area contributed by atoms with Crippen LogP contribution in [0.4, 0.5) is 0 Å². The molecule has 1 aliphatic rings. The molecule has 6 nitrogen and oxygen atoms in total. The van der Waals surface area contributed by atoms with Gasteiger partial charge in [0.1, 0.15) is 11.5 Å². The number of hydrogen-bond acceptors (Lipinski definition) is 4. The van der Waals surface area contributed by atoms with Gasteiger partial charge in [-0.05, 0) is 29.7 Å². The monoisotopic (exact) mass is 382 g/mol. The summed E-state index contributed by atoms with van der Waals surface area (Å²) < 4.78 is 10.5. The molecule has 1 aliphatic heterocycles. The van der Waals surface area contributed by atoms with Crippen molar-refractivity contribution in [3.05, 3.63) is 59.7 Å². The van der Waals surface area contributed by atoms with E-state index in [9.17, 15) is 9.59 Å². The van der Waals surface area contributed by atoms with E-state index < -0.39 is 0 Å². The van der Waals surface area contributed by atoms with Crippen molar-refractivity contribution in [3.8, 4) is 11.5 Å². The highest BCUT2D eigenvalue weighted by Crippen LogP contribution is 2.23. The van der Waals surface area contributed by atoms with Crippen LogP contribution in [0.1, 0.15) is 17.5 Å². The lowest BCUT2D eigenvalue weighted by atomic mass is 10.1. The Morgan fingerprint density at radius 2 is 1.75 bits per heavy atom. The van der Waals surface area contributed by atoms with Crippen molar-refractivity contribution in [2.75, 3.05) is 27.3 Å². The summed E-state index contributed by atoms with van der Waals surface area (Å²) in [5.41, 5.74) is 2.07. The average molecular weight is 382 g/mol. The number of carbonyl (C=O) groups excluding carboxylic acids is 2. The van der Waals surface area contributed by atoms with Crippen LogP contribution in [-0.4, -0.2) is 44.0 Å². The van der Waals surface area contributed by atoms with Crippen molar-refractivity contribution < 1.29 is 19.1 Å². The van der Waals surface area contributed by atoms with Crippen molar-refractivity contribution in [3.63, 3.8) is 0 Å². The molecule has 0 saturated carbocycles. The van der Waals surface area contributed by atoms with Crippen LogP contribution in [0.25, 0.3) is 0 Å². The zero-order chi connectivity index (χ0) is 19.9. The van der Waals surface area contributed by atoms with Gasteiger partial charge in [0.05, 0.1) is 20.1 Å². The Hall–Kier alpha value is -3.02. The minimum absolute atomic E-state index is 0.0409. The topological polar surface area (TPSA) is 67.9 Å². The largest absolute Gasteiger partial charge is 0.497 e. The van der Waals surface area contributed by atoms with E-state index in [0.29, 0.717) is 31.1 Å². The molecule has 28 heavy (non-hydrogen) atoms. The Labute approximate surface area is 165 Å². The number of nitrogens with zero attached hydrogens (tertiary/aromatic N) is 1. The van der Waals surface area contributed by atoms with Gasteiger partial charge in [0.15, 0.2) is 0 Å². The number of ether oxygens (including phenoxy) is 2. The summed E-state index contributed by atoms with van der Waals surface area (Å²) in [6, 6.07) is 15.5. The van der Waals surface area contributed by atoms with E-state index in [1.165, 1.54) is 5.56 Å². The minimum Gasteiger partial charge on any atom is -0.497 e. The van der Waals surface area contributed by atoms with Crippen molar-refractivity contribution in [2.45, 2.75) is 19.4 Å². The van der Waals surface area contributed by atoms with Crippen LogP contribution < -0.4 is 14.8 Å². The fraction of sp³-hybridized carbons (Fsp3) is 0.364. The number of hydrogen-bond donors (Lipinski definition) is 1. The molecule has 1 fully saturated rings. The third-order valence-corrected chi connectivity index (χ3v) is 4.98. The number of likely N-dealkylation sites (tertiary alicyclic amines) is 1. The average Bonchev–Trinajstić information content (AvgIpc) is 3.11. The predicted octanol–water partition coefficient (Wildman–Crippen LogP) is 2.41. The minimum atomic E-state index is -0.309. The molecule has 2 aromatic carbocycles. The molecule has 0 aromatic heterocycles. The number of benzene rings is 2. The third kappa shape index (κ3) is 5.03. The Morgan fingerprint density at radius 1 is 1.07 bits per heavy atom. The SMILES string of the molecule is COc1cc(CNC(=O)[C@H]2CC(=O)N(CCc3ccccc3)C2)cc(OC)c1. The number of rotatable bonds is 8. The van der Waals surface area contributed by atoms with Crippen molar-refractivity contribution in [1.29, 1.82) is 0 Å². The Kier molecular flexibility index (Phi) is 6.53. The molecule has 0 aliphatic carbocycles. The molecular formula is C22H26N2O4. The second kappa shape index (κ2) is 9.26. The van der Waals surface area contributed by atoms with Crippen LogP contribution in [-0.2, 0) is 22.6 Å². The van der Waals surface area contributed by atoms with E-state index in [1.807, 2.05) is 42.5 Å². The molecular weight excluding hydrogens is 356 g/mol. The van der Waals surface area contributed by atoms with Crippen LogP contribution in [0.2, 0.25) is 0 Å². The van der Waals surface area contributed by atoms with E-state index in [2.05, 4.69) is 5.32 Å².